The molecule has 0 saturated carbocycles. The Hall–Kier alpha value is -2.86. The first-order chi connectivity index (χ1) is 14.7. The van der Waals surface area contributed by atoms with Gasteiger partial charge in [0.05, 0.1) is 12.2 Å². The van der Waals surface area contributed by atoms with Crippen LogP contribution in [0, 0.1) is 0 Å². The van der Waals surface area contributed by atoms with Crippen LogP contribution in [0.25, 0.3) is 0 Å². The van der Waals surface area contributed by atoms with Crippen molar-refractivity contribution in [2.45, 2.75) is 32.7 Å². The number of esters is 1. The van der Waals surface area contributed by atoms with E-state index < -0.39 is 0 Å². The van der Waals surface area contributed by atoms with Gasteiger partial charge in [-0.1, -0.05) is 43.7 Å². The molecule has 0 atom stereocenters. The molecule has 1 aliphatic rings. The molecule has 0 bridgehead atoms. The van der Waals surface area contributed by atoms with Crippen LogP contribution in [-0.2, 0) is 11.3 Å². The van der Waals surface area contributed by atoms with Gasteiger partial charge in [0, 0.05) is 38.4 Å². The van der Waals surface area contributed by atoms with Gasteiger partial charge in [0.15, 0.2) is 0 Å². The standard InChI is InChI=1S/C24H31N3O3/c1-2-3-18-30-23(28)21-10-12-22(13-11-21)25-24(29)27-15-7-14-26(16-17-27)19-20-8-5-4-6-9-20/h4-6,8-13H,2-3,7,14-19H2,1H3,(H,25,29). The van der Waals surface area contributed by atoms with Gasteiger partial charge >= 0.3 is 12.0 Å². The largest absolute Gasteiger partial charge is 0.462 e. The van der Waals surface area contributed by atoms with Crippen molar-refractivity contribution in [3.63, 3.8) is 0 Å². The maximum absolute atomic E-state index is 12.7. The Kier molecular flexibility index (Phi) is 8.27. The van der Waals surface area contributed by atoms with Gasteiger partial charge in [-0.15, -0.1) is 0 Å². The smallest absolute Gasteiger partial charge is 0.338 e. The van der Waals surface area contributed by atoms with Crippen molar-refractivity contribution < 1.29 is 14.3 Å². The van der Waals surface area contributed by atoms with Crippen LogP contribution >= 0.6 is 0 Å². The number of urea groups is 1. The van der Waals surface area contributed by atoms with Crippen LogP contribution < -0.4 is 5.32 Å². The highest BCUT2D eigenvalue weighted by atomic mass is 16.5. The number of amides is 2. The van der Waals surface area contributed by atoms with Crippen LogP contribution in [0.4, 0.5) is 10.5 Å². The van der Waals surface area contributed by atoms with Gasteiger partial charge in [-0.2, -0.15) is 0 Å². The SMILES string of the molecule is CCCCOC(=O)c1ccc(NC(=O)N2CCCN(Cc3ccccc3)CC2)cc1. The summed E-state index contributed by atoms with van der Waals surface area (Å²) in [5.74, 6) is -0.327. The van der Waals surface area contributed by atoms with Gasteiger partial charge in [-0.25, -0.2) is 9.59 Å². The van der Waals surface area contributed by atoms with E-state index >= 15 is 0 Å². The molecule has 2 aromatic carbocycles. The maximum Gasteiger partial charge on any atom is 0.338 e. The monoisotopic (exact) mass is 409 g/mol. The van der Waals surface area contributed by atoms with Crippen molar-refractivity contribution in [1.82, 2.24) is 9.80 Å². The van der Waals surface area contributed by atoms with Crippen LogP contribution in [-0.4, -0.2) is 54.6 Å². The molecular weight excluding hydrogens is 378 g/mol. The minimum absolute atomic E-state index is 0.102. The number of hydrogen-bond donors (Lipinski definition) is 1. The average molecular weight is 410 g/mol. The first-order valence-corrected chi connectivity index (χ1v) is 10.7. The summed E-state index contributed by atoms with van der Waals surface area (Å²) < 4.78 is 5.21. The van der Waals surface area contributed by atoms with Crippen molar-refractivity contribution in [1.29, 1.82) is 0 Å². The first-order valence-electron chi connectivity index (χ1n) is 10.7. The minimum atomic E-state index is -0.327. The topological polar surface area (TPSA) is 61.9 Å². The number of unbranched alkanes of at least 4 members (excludes halogenated alkanes) is 1. The number of carbonyl (C=O) groups excluding carboxylic acids is 2. The summed E-state index contributed by atoms with van der Waals surface area (Å²) in [5, 5.41) is 2.94. The normalized spacial score (nSPS) is 14.8. The van der Waals surface area contributed by atoms with Crippen LogP contribution in [0.15, 0.2) is 54.6 Å². The van der Waals surface area contributed by atoms with E-state index in [4.69, 9.17) is 4.74 Å². The van der Waals surface area contributed by atoms with E-state index in [0.717, 1.165) is 45.4 Å². The lowest BCUT2D eigenvalue weighted by molar-refractivity contribution is 0.0500. The Morgan fingerprint density at radius 3 is 2.47 bits per heavy atom. The van der Waals surface area contributed by atoms with Crippen molar-refractivity contribution in [2.75, 3.05) is 38.1 Å². The Morgan fingerprint density at radius 1 is 0.967 bits per heavy atom. The third-order valence-corrected chi connectivity index (χ3v) is 5.23. The molecule has 30 heavy (non-hydrogen) atoms. The molecule has 0 unspecified atom stereocenters. The van der Waals surface area contributed by atoms with Crippen LogP contribution in [0.2, 0.25) is 0 Å². The second-order valence-corrected chi connectivity index (χ2v) is 7.60. The second-order valence-electron chi connectivity index (χ2n) is 7.60. The van der Waals surface area contributed by atoms with Crippen molar-refractivity contribution in [2.24, 2.45) is 0 Å². The zero-order valence-corrected chi connectivity index (χ0v) is 17.7. The molecule has 1 saturated heterocycles. The summed E-state index contributed by atoms with van der Waals surface area (Å²) >= 11 is 0. The molecular formula is C24H31N3O3. The van der Waals surface area contributed by atoms with E-state index in [1.807, 2.05) is 11.0 Å². The summed E-state index contributed by atoms with van der Waals surface area (Å²) in [6.45, 7) is 6.66. The van der Waals surface area contributed by atoms with Gasteiger partial charge in [0.25, 0.3) is 0 Å². The van der Waals surface area contributed by atoms with Gasteiger partial charge in [-0.3, -0.25) is 4.90 Å². The molecule has 0 radical (unpaired) electrons. The van der Waals surface area contributed by atoms with E-state index in [0.29, 0.717) is 24.4 Å². The molecule has 160 valence electrons. The maximum atomic E-state index is 12.7. The first kappa shape index (κ1) is 21.8. The third-order valence-electron chi connectivity index (χ3n) is 5.23. The average Bonchev–Trinajstić information content (AvgIpc) is 3.01. The van der Waals surface area contributed by atoms with Gasteiger partial charge < -0.3 is 15.0 Å². The van der Waals surface area contributed by atoms with Gasteiger partial charge in [-0.05, 0) is 42.7 Å². The predicted octanol–water partition coefficient (Wildman–Crippen LogP) is 4.38. The molecule has 2 aromatic rings. The number of rotatable bonds is 7. The summed E-state index contributed by atoms with van der Waals surface area (Å²) in [4.78, 5) is 28.9. The molecule has 3 rings (SSSR count). The molecule has 1 N–H and O–H groups in total. The van der Waals surface area contributed by atoms with Crippen molar-refractivity contribution in [3.8, 4) is 0 Å². The summed E-state index contributed by atoms with van der Waals surface area (Å²) in [5.41, 5.74) is 2.47. The van der Waals surface area contributed by atoms with Crippen molar-refractivity contribution >= 4 is 17.7 Å². The van der Waals surface area contributed by atoms with Crippen LogP contribution in [0.5, 0.6) is 0 Å². The highest BCUT2D eigenvalue weighted by Crippen LogP contribution is 2.14. The fourth-order valence-electron chi connectivity index (χ4n) is 3.46. The highest BCUT2D eigenvalue weighted by Gasteiger charge is 2.19. The Labute approximate surface area is 178 Å². The molecule has 2 amide bonds. The molecule has 0 aromatic heterocycles. The third kappa shape index (κ3) is 6.59. The number of nitrogens with one attached hydrogen (secondary N) is 1. The lowest BCUT2D eigenvalue weighted by Crippen LogP contribution is -2.38. The van der Waals surface area contributed by atoms with E-state index in [2.05, 4.69) is 41.4 Å². The van der Waals surface area contributed by atoms with E-state index in [1.54, 1.807) is 24.3 Å². The minimum Gasteiger partial charge on any atom is -0.462 e. The quantitative estimate of drug-likeness (QED) is 0.544. The van der Waals surface area contributed by atoms with Gasteiger partial charge in [0.2, 0.25) is 0 Å². The number of anilines is 1. The molecule has 1 aliphatic heterocycles. The number of ether oxygens (including phenoxy) is 1. The molecule has 6 heteroatoms. The fraction of sp³-hybridized carbons (Fsp3) is 0.417. The number of nitrogens with zero attached hydrogens (tertiary/aromatic N) is 2. The van der Waals surface area contributed by atoms with Crippen LogP contribution in [0.3, 0.4) is 0 Å². The zero-order chi connectivity index (χ0) is 21.2. The highest BCUT2D eigenvalue weighted by molar-refractivity contribution is 5.92. The van der Waals surface area contributed by atoms with Crippen molar-refractivity contribution in [3.05, 3.63) is 65.7 Å². The molecule has 1 fully saturated rings. The summed E-state index contributed by atoms with van der Waals surface area (Å²) in [6.07, 6.45) is 2.79. The Balaban J connectivity index is 1.48. The second kappa shape index (κ2) is 11.4. The van der Waals surface area contributed by atoms with Crippen LogP contribution in [0.1, 0.15) is 42.1 Å². The Bertz CT molecular complexity index is 808. The fourth-order valence-corrected chi connectivity index (χ4v) is 3.46. The molecule has 0 aliphatic carbocycles. The van der Waals surface area contributed by atoms with Gasteiger partial charge in [0.1, 0.15) is 0 Å². The lowest BCUT2D eigenvalue weighted by atomic mass is 10.2. The summed E-state index contributed by atoms with van der Waals surface area (Å²) in [6, 6.07) is 17.2. The molecule has 6 nitrogen and oxygen atoms in total. The number of benzene rings is 2. The van der Waals surface area contributed by atoms with E-state index in [9.17, 15) is 9.59 Å². The lowest BCUT2D eigenvalue weighted by Gasteiger charge is -2.22. The predicted molar refractivity (Wildman–Crippen MR) is 119 cm³/mol. The zero-order valence-electron chi connectivity index (χ0n) is 17.7. The number of hydrogen-bond acceptors (Lipinski definition) is 4. The molecule has 0 spiro atoms. The van der Waals surface area contributed by atoms with E-state index in [-0.39, 0.29) is 12.0 Å². The number of carbonyl (C=O) groups is 2. The summed E-state index contributed by atoms with van der Waals surface area (Å²) in [7, 11) is 0. The Morgan fingerprint density at radius 2 is 1.73 bits per heavy atom. The van der Waals surface area contributed by atoms with E-state index in [1.165, 1.54) is 5.56 Å². The molecule has 1 heterocycles.